The number of sulfonamides is 1. The Morgan fingerprint density at radius 3 is 2.52 bits per heavy atom. The van der Waals surface area contributed by atoms with Crippen molar-refractivity contribution in [3.63, 3.8) is 0 Å². The second kappa shape index (κ2) is 7.95. The lowest BCUT2D eigenvalue weighted by Crippen LogP contribution is -2.15. The lowest BCUT2D eigenvalue weighted by atomic mass is 10.2. The fraction of sp³-hybridized carbons (Fsp3) is 0.188. The molecule has 0 aliphatic heterocycles. The summed E-state index contributed by atoms with van der Waals surface area (Å²) in [7, 11) is -2.62. The van der Waals surface area contributed by atoms with Crippen LogP contribution >= 0.6 is 23.2 Å². The van der Waals surface area contributed by atoms with Crippen molar-refractivity contribution < 1.29 is 22.7 Å². The minimum atomic E-state index is -3.87. The topological polar surface area (TPSA) is 81.7 Å². The van der Waals surface area contributed by atoms with Crippen molar-refractivity contribution in [3.05, 3.63) is 52.0 Å². The van der Waals surface area contributed by atoms with Gasteiger partial charge in [-0.05, 0) is 48.9 Å². The predicted octanol–water partition coefficient (Wildman–Crippen LogP) is 3.65. The highest BCUT2D eigenvalue weighted by Crippen LogP contribution is 2.29. The molecular weight excluding hydrogens is 389 g/mol. The molecule has 0 aromatic heterocycles. The van der Waals surface area contributed by atoms with Gasteiger partial charge in [0, 0.05) is 5.02 Å². The van der Waals surface area contributed by atoms with Gasteiger partial charge >= 0.3 is 5.97 Å². The summed E-state index contributed by atoms with van der Waals surface area (Å²) in [6, 6.07) is 8.72. The van der Waals surface area contributed by atoms with E-state index in [2.05, 4.69) is 9.46 Å². The Morgan fingerprint density at radius 1 is 1.16 bits per heavy atom. The lowest BCUT2D eigenvalue weighted by Gasteiger charge is -2.12. The number of benzene rings is 2. The molecule has 0 atom stereocenters. The number of halogens is 2. The average Bonchev–Trinajstić information content (AvgIpc) is 2.56. The lowest BCUT2D eigenvalue weighted by molar-refractivity contribution is -0.142. The van der Waals surface area contributed by atoms with Crippen LogP contribution < -0.4 is 9.46 Å². The molecule has 0 aliphatic rings. The van der Waals surface area contributed by atoms with E-state index in [9.17, 15) is 13.2 Å². The molecule has 2 aromatic carbocycles. The van der Waals surface area contributed by atoms with Crippen molar-refractivity contribution in [2.75, 3.05) is 18.4 Å². The quantitative estimate of drug-likeness (QED) is 0.744. The first kappa shape index (κ1) is 19.4. The highest BCUT2D eigenvalue weighted by atomic mass is 35.5. The van der Waals surface area contributed by atoms with Crippen LogP contribution in [0.25, 0.3) is 0 Å². The second-order valence-corrected chi connectivity index (χ2v) is 7.55. The number of methoxy groups -OCH3 is 1. The van der Waals surface area contributed by atoms with E-state index in [0.717, 1.165) is 0 Å². The number of rotatable bonds is 6. The summed E-state index contributed by atoms with van der Waals surface area (Å²) in [6.07, 6.45) is 0. The van der Waals surface area contributed by atoms with Gasteiger partial charge in [-0.3, -0.25) is 4.72 Å². The van der Waals surface area contributed by atoms with E-state index in [4.69, 9.17) is 27.9 Å². The molecule has 0 bridgehead atoms. The summed E-state index contributed by atoms with van der Waals surface area (Å²) in [5, 5.41) is 0.576. The maximum atomic E-state index is 12.5. The van der Waals surface area contributed by atoms with Gasteiger partial charge in [-0.25, -0.2) is 13.2 Å². The standard InChI is InChI=1S/C16H15Cl2NO5S/c1-10-7-12(4-6-15(10)24-9-16(20)23-2)25(21,22)19-14-8-11(17)3-5-13(14)18/h3-8,19H,9H2,1-2H3. The van der Waals surface area contributed by atoms with Crippen LogP contribution in [0, 0.1) is 6.92 Å². The van der Waals surface area contributed by atoms with E-state index in [1.807, 2.05) is 0 Å². The van der Waals surface area contributed by atoms with E-state index in [0.29, 0.717) is 16.3 Å². The van der Waals surface area contributed by atoms with E-state index in [1.54, 1.807) is 13.0 Å². The predicted molar refractivity (Wildman–Crippen MR) is 96.0 cm³/mol. The molecule has 9 heteroatoms. The average molecular weight is 404 g/mol. The third kappa shape index (κ3) is 5.01. The van der Waals surface area contributed by atoms with Crippen LogP contribution in [0.1, 0.15) is 5.56 Å². The molecule has 0 spiro atoms. The number of ether oxygens (including phenoxy) is 2. The smallest absolute Gasteiger partial charge is 0.343 e. The Bertz CT molecular complexity index is 899. The molecular formula is C16H15Cl2NO5S. The highest BCUT2D eigenvalue weighted by Gasteiger charge is 2.17. The minimum Gasteiger partial charge on any atom is -0.482 e. The van der Waals surface area contributed by atoms with Crippen molar-refractivity contribution in [1.29, 1.82) is 0 Å². The van der Waals surface area contributed by atoms with Crippen LogP contribution in [-0.4, -0.2) is 28.1 Å². The molecule has 6 nitrogen and oxygen atoms in total. The molecule has 0 heterocycles. The van der Waals surface area contributed by atoms with Crippen molar-refractivity contribution >= 4 is 44.9 Å². The minimum absolute atomic E-state index is 0.0199. The SMILES string of the molecule is COC(=O)COc1ccc(S(=O)(=O)Nc2cc(Cl)ccc2Cl)cc1C. The van der Waals surface area contributed by atoms with Crippen LogP contribution in [-0.2, 0) is 19.6 Å². The fourth-order valence-electron chi connectivity index (χ4n) is 1.93. The van der Waals surface area contributed by atoms with Crippen LogP contribution in [0.3, 0.4) is 0 Å². The third-order valence-corrected chi connectivity index (χ3v) is 5.13. The monoisotopic (exact) mass is 403 g/mol. The van der Waals surface area contributed by atoms with Gasteiger partial charge in [-0.1, -0.05) is 23.2 Å². The molecule has 2 rings (SSSR count). The summed E-state index contributed by atoms with van der Waals surface area (Å²) in [5.74, 6) is -0.154. The summed E-state index contributed by atoms with van der Waals surface area (Å²) in [4.78, 5) is 11.1. The Kier molecular flexibility index (Phi) is 6.16. The van der Waals surface area contributed by atoms with Crippen molar-refractivity contribution in [2.45, 2.75) is 11.8 Å². The Morgan fingerprint density at radius 2 is 1.88 bits per heavy atom. The van der Waals surface area contributed by atoms with Gasteiger partial charge in [-0.15, -0.1) is 0 Å². The van der Waals surface area contributed by atoms with Crippen LogP contribution in [0.2, 0.25) is 10.0 Å². The molecule has 0 aliphatic carbocycles. The summed E-state index contributed by atoms with van der Waals surface area (Å²) in [5.41, 5.74) is 0.724. The zero-order valence-corrected chi connectivity index (χ0v) is 15.7. The third-order valence-electron chi connectivity index (χ3n) is 3.20. The summed E-state index contributed by atoms with van der Waals surface area (Å²) >= 11 is 11.8. The Labute approximate surface area is 155 Å². The fourth-order valence-corrected chi connectivity index (χ4v) is 3.47. The largest absolute Gasteiger partial charge is 0.482 e. The number of hydrogen-bond donors (Lipinski definition) is 1. The Balaban J connectivity index is 2.23. The molecule has 0 radical (unpaired) electrons. The first-order chi connectivity index (χ1) is 11.7. The number of anilines is 1. The van der Waals surface area contributed by atoms with Crippen molar-refractivity contribution in [2.24, 2.45) is 0 Å². The summed E-state index contributed by atoms with van der Waals surface area (Å²) < 4.78 is 37.2. The van der Waals surface area contributed by atoms with E-state index < -0.39 is 16.0 Å². The zero-order chi connectivity index (χ0) is 18.6. The molecule has 0 unspecified atom stereocenters. The van der Waals surface area contributed by atoms with Crippen molar-refractivity contribution in [3.8, 4) is 5.75 Å². The second-order valence-electron chi connectivity index (χ2n) is 5.02. The number of aryl methyl sites for hydroxylation is 1. The highest BCUT2D eigenvalue weighted by molar-refractivity contribution is 7.92. The van der Waals surface area contributed by atoms with Gasteiger partial charge in [0.2, 0.25) is 0 Å². The van der Waals surface area contributed by atoms with Gasteiger partial charge in [0.25, 0.3) is 10.0 Å². The molecule has 0 fully saturated rings. The van der Waals surface area contributed by atoms with E-state index >= 15 is 0 Å². The van der Waals surface area contributed by atoms with Crippen molar-refractivity contribution in [1.82, 2.24) is 0 Å². The van der Waals surface area contributed by atoms with E-state index in [1.165, 1.54) is 37.4 Å². The van der Waals surface area contributed by atoms with Gasteiger partial charge in [0.05, 0.1) is 22.7 Å². The van der Waals surface area contributed by atoms with Gasteiger partial charge < -0.3 is 9.47 Å². The normalized spacial score (nSPS) is 11.0. The molecule has 0 amide bonds. The number of esters is 1. The van der Waals surface area contributed by atoms with Gasteiger partial charge in [0.15, 0.2) is 6.61 Å². The first-order valence-corrected chi connectivity index (χ1v) is 9.25. The van der Waals surface area contributed by atoms with Gasteiger partial charge in [0.1, 0.15) is 5.75 Å². The molecule has 0 saturated carbocycles. The number of hydrogen-bond acceptors (Lipinski definition) is 5. The molecule has 134 valence electrons. The maximum Gasteiger partial charge on any atom is 0.343 e. The molecule has 25 heavy (non-hydrogen) atoms. The molecule has 2 aromatic rings. The summed E-state index contributed by atoms with van der Waals surface area (Å²) in [6.45, 7) is 1.40. The van der Waals surface area contributed by atoms with Crippen LogP contribution in [0.15, 0.2) is 41.3 Å². The van der Waals surface area contributed by atoms with Crippen LogP contribution in [0.4, 0.5) is 5.69 Å². The molecule has 0 saturated heterocycles. The molecule has 1 N–H and O–H groups in total. The maximum absolute atomic E-state index is 12.5. The number of carbonyl (C=O) groups excluding carboxylic acids is 1. The number of carbonyl (C=O) groups is 1. The first-order valence-electron chi connectivity index (χ1n) is 7.01. The Hall–Kier alpha value is -1.96. The van der Waals surface area contributed by atoms with E-state index in [-0.39, 0.29) is 22.2 Å². The van der Waals surface area contributed by atoms with Gasteiger partial charge in [-0.2, -0.15) is 0 Å². The van der Waals surface area contributed by atoms with Crippen LogP contribution in [0.5, 0.6) is 5.75 Å². The zero-order valence-electron chi connectivity index (χ0n) is 13.4. The number of nitrogens with one attached hydrogen (secondary N) is 1.